The highest BCUT2D eigenvalue weighted by Gasteiger charge is 2.43. The van der Waals surface area contributed by atoms with E-state index in [9.17, 15) is 9.59 Å². The van der Waals surface area contributed by atoms with Crippen molar-refractivity contribution in [2.24, 2.45) is 5.92 Å². The quantitative estimate of drug-likeness (QED) is 0.619. The summed E-state index contributed by atoms with van der Waals surface area (Å²) in [6, 6.07) is 7.78. The number of carbonyl (C=O) groups excluding carboxylic acids is 2. The van der Waals surface area contributed by atoms with Crippen LogP contribution in [-0.4, -0.2) is 17.7 Å². The third-order valence-corrected chi connectivity index (χ3v) is 3.19. The minimum Gasteiger partial charge on any atom is -0.422 e. The van der Waals surface area contributed by atoms with E-state index in [-0.39, 0.29) is 0 Å². The number of hydrogen-bond donors (Lipinski definition) is 0. The van der Waals surface area contributed by atoms with Crippen LogP contribution in [0.2, 0.25) is 0 Å². The molecule has 1 aromatic carbocycles. The first-order chi connectivity index (χ1) is 8.93. The molecule has 4 heteroatoms. The minimum atomic E-state index is -1.16. The van der Waals surface area contributed by atoms with E-state index in [4.69, 9.17) is 9.47 Å². The number of cyclic esters (lactones) is 2. The zero-order valence-corrected chi connectivity index (χ0v) is 11.4. The second kappa shape index (κ2) is 5.03. The zero-order chi connectivity index (χ0) is 14.0. The summed E-state index contributed by atoms with van der Waals surface area (Å²) in [6.07, 6.45) is 1.19. The van der Waals surface area contributed by atoms with E-state index in [0.29, 0.717) is 6.42 Å². The molecule has 0 aromatic heterocycles. The van der Waals surface area contributed by atoms with Crippen LogP contribution in [0.15, 0.2) is 24.3 Å². The van der Waals surface area contributed by atoms with E-state index in [1.54, 1.807) is 13.8 Å². The lowest BCUT2D eigenvalue weighted by Gasteiger charge is -2.33. The summed E-state index contributed by atoms with van der Waals surface area (Å²) in [5.74, 6) is -3.03. The number of aryl methyl sites for hydroxylation is 1. The first kappa shape index (κ1) is 13.6. The lowest BCUT2D eigenvalue weighted by Crippen LogP contribution is -2.47. The van der Waals surface area contributed by atoms with Crippen molar-refractivity contribution in [2.75, 3.05) is 0 Å². The molecule has 1 heterocycles. The van der Waals surface area contributed by atoms with Crippen LogP contribution in [0.5, 0.6) is 0 Å². The fourth-order valence-electron chi connectivity index (χ4n) is 2.23. The van der Waals surface area contributed by atoms with Gasteiger partial charge in [-0.3, -0.25) is 9.59 Å². The van der Waals surface area contributed by atoms with Crippen LogP contribution in [0.1, 0.15) is 31.9 Å². The number of rotatable bonds is 3. The summed E-state index contributed by atoms with van der Waals surface area (Å²) < 4.78 is 10.2. The maximum atomic E-state index is 11.9. The molecule has 19 heavy (non-hydrogen) atoms. The summed E-state index contributed by atoms with van der Waals surface area (Å²) in [6.45, 7) is 5.15. The van der Waals surface area contributed by atoms with Gasteiger partial charge < -0.3 is 9.47 Å². The van der Waals surface area contributed by atoms with Crippen molar-refractivity contribution in [1.29, 1.82) is 0 Å². The highest BCUT2D eigenvalue weighted by Crippen LogP contribution is 2.26. The van der Waals surface area contributed by atoms with E-state index < -0.39 is 23.6 Å². The summed E-state index contributed by atoms with van der Waals surface area (Å²) in [5.41, 5.74) is 2.12. The van der Waals surface area contributed by atoms with E-state index in [0.717, 1.165) is 17.5 Å². The molecule has 1 aliphatic rings. The van der Waals surface area contributed by atoms with E-state index in [1.165, 1.54) is 0 Å². The molecule has 0 N–H and O–H groups in total. The molecule has 0 aliphatic carbocycles. The molecular formula is C15H18O4. The van der Waals surface area contributed by atoms with Gasteiger partial charge in [0.05, 0.1) is 0 Å². The van der Waals surface area contributed by atoms with E-state index >= 15 is 0 Å². The zero-order valence-electron chi connectivity index (χ0n) is 11.4. The Kier molecular flexibility index (Phi) is 3.60. The minimum absolute atomic E-state index is 0.331. The Labute approximate surface area is 112 Å². The van der Waals surface area contributed by atoms with Gasteiger partial charge in [0.1, 0.15) is 0 Å². The first-order valence-corrected chi connectivity index (χ1v) is 6.45. The second-order valence-electron chi connectivity index (χ2n) is 5.12. The first-order valence-electron chi connectivity index (χ1n) is 6.45. The van der Waals surface area contributed by atoms with Gasteiger partial charge in [-0.2, -0.15) is 0 Å². The van der Waals surface area contributed by atoms with Crippen molar-refractivity contribution in [1.82, 2.24) is 0 Å². The van der Waals surface area contributed by atoms with Crippen LogP contribution in [-0.2, 0) is 31.9 Å². The third kappa shape index (κ3) is 2.95. The van der Waals surface area contributed by atoms with Gasteiger partial charge in [-0.15, -0.1) is 0 Å². The van der Waals surface area contributed by atoms with Crippen molar-refractivity contribution in [3.8, 4) is 0 Å². The Bertz CT molecular complexity index is 485. The van der Waals surface area contributed by atoms with Crippen molar-refractivity contribution >= 4 is 11.9 Å². The van der Waals surface area contributed by atoms with Crippen molar-refractivity contribution in [3.05, 3.63) is 35.4 Å². The lowest BCUT2D eigenvalue weighted by atomic mass is 9.94. The standard InChI is InChI=1S/C15H18O4/c1-4-10-7-5-6-8-11(10)9-12-13(16)18-15(2,3)19-14(12)17/h5-8,12H,4,9H2,1-3H3. The molecule has 0 atom stereocenters. The molecule has 0 saturated carbocycles. The van der Waals surface area contributed by atoms with Gasteiger partial charge in [-0.25, -0.2) is 0 Å². The molecule has 0 amide bonds. The summed E-state index contributed by atoms with van der Waals surface area (Å²) in [4.78, 5) is 23.8. The highest BCUT2D eigenvalue weighted by molar-refractivity contribution is 5.97. The Morgan fingerprint density at radius 1 is 1.05 bits per heavy atom. The van der Waals surface area contributed by atoms with Crippen molar-refractivity contribution in [2.45, 2.75) is 39.4 Å². The van der Waals surface area contributed by atoms with Crippen molar-refractivity contribution < 1.29 is 19.1 Å². The number of carbonyl (C=O) groups is 2. The molecule has 102 valence electrons. The van der Waals surface area contributed by atoms with Crippen LogP contribution in [0.4, 0.5) is 0 Å². The summed E-state index contributed by atoms with van der Waals surface area (Å²) >= 11 is 0. The van der Waals surface area contributed by atoms with Gasteiger partial charge in [0.2, 0.25) is 0 Å². The molecule has 4 nitrogen and oxygen atoms in total. The van der Waals surface area contributed by atoms with Gasteiger partial charge in [-0.05, 0) is 24.0 Å². The predicted molar refractivity (Wildman–Crippen MR) is 69.3 cm³/mol. The molecule has 0 spiro atoms. The van der Waals surface area contributed by atoms with E-state index in [2.05, 4.69) is 0 Å². The van der Waals surface area contributed by atoms with Gasteiger partial charge in [0.25, 0.3) is 5.79 Å². The van der Waals surface area contributed by atoms with Crippen LogP contribution in [0, 0.1) is 5.92 Å². The lowest BCUT2D eigenvalue weighted by molar-refractivity contribution is -0.239. The Hall–Kier alpha value is -1.84. The molecular weight excluding hydrogens is 244 g/mol. The topological polar surface area (TPSA) is 52.6 Å². The molecule has 0 radical (unpaired) electrons. The smallest absolute Gasteiger partial charge is 0.323 e. The molecule has 0 unspecified atom stereocenters. The maximum Gasteiger partial charge on any atom is 0.323 e. The molecule has 2 rings (SSSR count). The van der Waals surface area contributed by atoms with Crippen LogP contribution in [0.25, 0.3) is 0 Å². The monoisotopic (exact) mass is 262 g/mol. The van der Waals surface area contributed by atoms with Gasteiger partial charge in [0, 0.05) is 13.8 Å². The largest absolute Gasteiger partial charge is 0.422 e. The average molecular weight is 262 g/mol. The van der Waals surface area contributed by atoms with Crippen molar-refractivity contribution in [3.63, 3.8) is 0 Å². The molecule has 1 fully saturated rings. The Morgan fingerprint density at radius 3 is 2.11 bits per heavy atom. The van der Waals surface area contributed by atoms with Gasteiger partial charge >= 0.3 is 11.9 Å². The number of esters is 2. The third-order valence-electron chi connectivity index (χ3n) is 3.19. The normalized spacial score (nSPS) is 18.9. The van der Waals surface area contributed by atoms with Gasteiger partial charge in [0.15, 0.2) is 5.92 Å². The number of hydrogen-bond acceptors (Lipinski definition) is 4. The fraction of sp³-hybridized carbons (Fsp3) is 0.467. The summed E-state index contributed by atoms with van der Waals surface area (Å²) in [7, 11) is 0. The summed E-state index contributed by atoms with van der Waals surface area (Å²) in [5, 5.41) is 0. The SMILES string of the molecule is CCc1ccccc1CC1C(=O)OC(C)(C)OC1=O. The maximum absolute atomic E-state index is 11.9. The number of benzene rings is 1. The molecule has 0 bridgehead atoms. The second-order valence-corrected chi connectivity index (χ2v) is 5.12. The van der Waals surface area contributed by atoms with Crippen LogP contribution in [0.3, 0.4) is 0 Å². The van der Waals surface area contributed by atoms with Crippen LogP contribution < -0.4 is 0 Å². The molecule has 1 aromatic rings. The fourth-order valence-corrected chi connectivity index (χ4v) is 2.23. The Balaban J connectivity index is 2.19. The Morgan fingerprint density at radius 2 is 1.58 bits per heavy atom. The number of ether oxygens (including phenoxy) is 2. The van der Waals surface area contributed by atoms with Crippen LogP contribution >= 0.6 is 0 Å². The average Bonchev–Trinajstić information content (AvgIpc) is 2.33. The predicted octanol–water partition coefficient (Wildman–Crippen LogP) is 2.24. The molecule has 1 aliphatic heterocycles. The van der Waals surface area contributed by atoms with Gasteiger partial charge in [-0.1, -0.05) is 31.2 Å². The van der Waals surface area contributed by atoms with E-state index in [1.807, 2.05) is 31.2 Å². The highest BCUT2D eigenvalue weighted by atomic mass is 16.7. The molecule has 1 saturated heterocycles.